The molecule has 0 saturated carbocycles. The molecular formula is C22H20F3N7. The van der Waals surface area contributed by atoms with Crippen LogP contribution in [0.5, 0.6) is 0 Å². The highest BCUT2D eigenvalue weighted by molar-refractivity contribution is 5.62. The van der Waals surface area contributed by atoms with Gasteiger partial charge in [0.05, 0.1) is 23.6 Å². The van der Waals surface area contributed by atoms with Crippen LogP contribution in [-0.4, -0.2) is 39.0 Å². The van der Waals surface area contributed by atoms with E-state index in [0.29, 0.717) is 17.9 Å². The number of alkyl halides is 3. The van der Waals surface area contributed by atoms with Gasteiger partial charge in [0.2, 0.25) is 0 Å². The lowest BCUT2D eigenvalue weighted by Gasteiger charge is -2.36. The van der Waals surface area contributed by atoms with E-state index in [9.17, 15) is 13.2 Å². The zero-order chi connectivity index (χ0) is 22.5. The Bertz CT molecular complexity index is 1210. The van der Waals surface area contributed by atoms with Crippen molar-refractivity contribution in [3.63, 3.8) is 0 Å². The van der Waals surface area contributed by atoms with Gasteiger partial charge in [-0.25, -0.2) is 9.67 Å². The van der Waals surface area contributed by atoms with E-state index < -0.39 is 12.2 Å². The van der Waals surface area contributed by atoms with Crippen LogP contribution in [-0.2, 0) is 13.0 Å². The van der Waals surface area contributed by atoms with E-state index in [2.05, 4.69) is 26.0 Å². The van der Waals surface area contributed by atoms with Gasteiger partial charge in [0.15, 0.2) is 6.04 Å². The Morgan fingerprint density at radius 1 is 1.16 bits per heavy atom. The summed E-state index contributed by atoms with van der Waals surface area (Å²) < 4.78 is 41.3. The summed E-state index contributed by atoms with van der Waals surface area (Å²) in [6, 6.07) is 5.91. The maximum Gasteiger partial charge on any atom is 0.410 e. The molecule has 3 aromatic rings. The fraction of sp³-hybridized carbons (Fsp3) is 0.364. The van der Waals surface area contributed by atoms with Crippen LogP contribution >= 0.6 is 0 Å². The molecular weight excluding hydrogens is 419 g/mol. The number of pyridine rings is 2. The van der Waals surface area contributed by atoms with Crippen LogP contribution in [0.3, 0.4) is 0 Å². The molecule has 164 valence electrons. The lowest BCUT2D eigenvalue weighted by atomic mass is 10.0. The molecule has 0 aromatic carbocycles. The third kappa shape index (κ3) is 3.43. The highest BCUT2D eigenvalue weighted by Crippen LogP contribution is 2.41. The van der Waals surface area contributed by atoms with Gasteiger partial charge in [0, 0.05) is 44.0 Å². The Hall–Kier alpha value is -3.61. The maximum absolute atomic E-state index is 13.4. The van der Waals surface area contributed by atoms with Crippen LogP contribution in [0.15, 0.2) is 36.8 Å². The number of fused-ring (bicyclic) bond motifs is 2. The van der Waals surface area contributed by atoms with Crippen LogP contribution in [0.4, 0.5) is 30.5 Å². The summed E-state index contributed by atoms with van der Waals surface area (Å²) >= 11 is 0. The average Bonchev–Trinajstić information content (AvgIpc) is 3.26. The van der Waals surface area contributed by atoms with Crippen molar-refractivity contribution in [3.8, 4) is 6.07 Å². The zero-order valence-electron chi connectivity index (χ0n) is 17.3. The Kier molecular flexibility index (Phi) is 4.77. The summed E-state index contributed by atoms with van der Waals surface area (Å²) in [5.41, 5.74) is 4.19. The predicted octanol–water partition coefficient (Wildman–Crippen LogP) is 4.06. The lowest BCUT2D eigenvalue weighted by molar-refractivity contribution is -0.172. The van der Waals surface area contributed by atoms with Gasteiger partial charge in [0.25, 0.3) is 0 Å². The van der Waals surface area contributed by atoms with Crippen LogP contribution in [0, 0.1) is 18.3 Å². The van der Waals surface area contributed by atoms with Gasteiger partial charge in [-0.2, -0.15) is 23.5 Å². The van der Waals surface area contributed by atoms with Gasteiger partial charge in [-0.3, -0.25) is 4.98 Å². The number of aromatic nitrogens is 4. The first-order chi connectivity index (χ1) is 15.3. The van der Waals surface area contributed by atoms with Crippen molar-refractivity contribution in [2.24, 2.45) is 0 Å². The van der Waals surface area contributed by atoms with E-state index in [4.69, 9.17) is 5.26 Å². The molecule has 5 rings (SSSR count). The van der Waals surface area contributed by atoms with E-state index >= 15 is 0 Å². The van der Waals surface area contributed by atoms with Crippen molar-refractivity contribution in [1.29, 1.82) is 5.26 Å². The topological polar surface area (TPSA) is 73.9 Å². The highest BCUT2D eigenvalue weighted by Gasteiger charge is 2.45. The van der Waals surface area contributed by atoms with Crippen molar-refractivity contribution in [2.45, 2.75) is 38.5 Å². The van der Waals surface area contributed by atoms with Crippen LogP contribution in [0.25, 0.3) is 0 Å². The molecule has 5 heterocycles. The van der Waals surface area contributed by atoms with Gasteiger partial charge in [0.1, 0.15) is 17.7 Å². The van der Waals surface area contributed by atoms with Gasteiger partial charge < -0.3 is 9.80 Å². The normalized spacial score (nSPS) is 18.2. The lowest BCUT2D eigenvalue weighted by Crippen LogP contribution is -2.38. The van der Waals surface area contributed by atoms with Gasteiger partial charge in [-0.05, 0) is 36.6 Å². The summed E-state index contributed by atoms with van der Waals surface area (Å²) in [6.07, 6.45) is 1.02. The van der Waals surface area contributed by atoms with Crippen molar-refractivity contribution < 1.29 is 13.2 Å². The standard InChI is InChI=1S/C22H20F3N7/c1-14-8-15(10-26)11-28-21(14)30-6-3-18-16(13-30)9-17(12-27-18)31-7-4-19(22(23,24)25)32-20(31)2-5-29-32/h2,5,8-9,11-12,19H,3-4,6-7,13H2,1H3. The Balaban J connectivity index is 1.44. The Labute approximate surface area is 182 Å². The SMILES string of the molecule is Cc1cc(C#N)cnc1N1CCc2ncc(N3CCC(C(F)(F)F)n4nccc43)cc2C1. The second kappa shape index (κ2) is 7.51. The molecule has 32 heavy (non-hydrogen) atoms. The maximum atomic E-state index is 13.4. The molecule has 0 fully saturated rings. The molecule has 10 heteroatoms. The number of nitrogens with zero attached hydrogens (tertiary/aromatic N) is 7. The third-order valence-electron chi connectivity index (χ3n) is 6.04. The smallest absolute Gasteiger partial charge is 0.352 e. The van der Waals surface area contributed by atoms with Crippen molar-refractivity contribution >= 4 is 17.3 Å². The van der Waals surface area contributed by atoms with Crippen LogP contribution < -0.4 is 9.80 Å². The van der Waals surface area contributed by atoms with Crippen molar-refractivity contribution in [2.75, 3.05) is 22.9 Å². The Morgan fingerprint density at radius 3 is 2.75 bits per heavy atom. The molecule has 1 atom stereocenters. The largest absolute Gasteiger partial charge is 0.410 e. The summed E-state index contributed by atoms with van der Waals surface area (Å²) in [5, 5.41) is 13.0. The van der Waals surface area contributed by atoms with E-state index in [-0.39, 0.29) is 13.0 Å². The molecule has 2 aliphatic rings. The monoisotopic (exact) mass is 439 g/mol. The highest BCUT2D eigenvalue weighted by atomic mass is 19.4. The fourth-order valence-electron chi connectivity index (χ4n) is 4.51. The average molecular weight is 439 g/mol. The van der Waals surface area contributed by atoms with Crippen molar-refractivity contribution in [1.82, 2.24) is 19.7 Å². The Morgan fingerprint density at radius 2 is 2.00 bits per heavy atom. The molecule has 0 aliphatic carbocycles. The first-order valence-corrected chi connectivity index (χ1v) is 10.3. The fourth-order valence-corrected chi connectivity index (χ4v) is 4.51. The molecule has 7 nitrogen and oxygen atoms in total. The molecule has 0 saturated heterocycles. The molecule has 0 bridgehead atoms. The second-order valence-corrected chi connectivity index (χ2v) is 8.08. The minimum Gasteiger partial charge on any atom is -0.352 e. The predicted molar refractivity (Wildman–Crippen MR) is 112 cm³/mol. The molecule has 0 N–H and O–H groups in total. The van der Waals surface area contributed by atoms with Gasteiger partial charge >= 0.3 is 6.18 Å². The number of hydrogen-bond acceptors (Lipinski definition) is 6. The number of halogens is 3. The van der Waals surface area contributed by atoms with Gasteiger partial charge in [-0.1, -0.05) is 0 Å². The van der Waals surface area contributed by atoms with Gasteiger partial charge in [-0.15, -0.1) is 0 Å². The van der Waals surface area contributed by atoms with E-state index in [1.54, 1.807) is 18.5 Å². The molecule has 0 spiro atoms. The van der Waals surface area contributed by atoms with E-state index in [0.717, 1.165) is 46.0 Å². The zero-order valence-corrected chi connectivity index (χ0v) is 17.3. The number of anilines is 3. The molecule has 3 aromatic heterocycles. The van der Waals surface area contributed by atoms with E-state index in [1.165, 1.54) is 6.20 Å². The quantitative estimate of drug-likeness (QED) is 0.600. The van der Waals surface area contributed by atoms with E-state index in [1.807, 2.05) is 24.0 Å². The number of hydrogen-bond donors (Lipinski definition) is 0. The summed E-state index contributed by atoms with van der Waals surface area (Å²) in [5.74, 6) is 1.24. The number of aryl methyl sites for hydroxylation is 1. The first kappa shape index (κ1) is 20.3. The molecule has 0 amide bonds. The minimum atomic E-state index is -4.34. The number of nitriles is 1. The third-order valence-corrected chi connectivity index (χ3v) is 6.04. The molecule has 1 unspecified atom stereocenters. The summed E-state index contributed by atoms with van der Waals surface area (Å²) in [4.78, 5) is 13.1. The second-order valence-electron chi connectivity index (χ2n) is 8.08. The number of rotatable bonds is 2. The van der Waals surface area contributed by atoms with Crippen LogP contribution in [0.1, 0.15) is 34.8 Å². The summed E-state index contributed by atoms with van der Waals surface area (Å²) in [7, 11) is 0. The minimum absolute atomic E-state index is 0.0737. The van der Waals surface area contributed by atoms with Crippen LogP contribution in [0.2, 0.25) is 0 Å². The van der Waals surface area contributed by atoms with Crippen molar-refractivity contribution in [3.05, 3.63) is 59.2 Å². The summed E-state index contributed by atoms with van der Waals surface area (Å²) in [6.45, 7) is 3.51. The first-order valence-electron chi connectivity index (χ1n) is 10.3. The molecule has 0 radical (unpaired) electrons. The molecule has 2 aliphatic heterocycles.